The van der Waals surface area contributed by atoms with Gasteiger partial charge in [-0.1, -0.05) is 30.3 Å². The molecule has 0 saturated carbocycles. The maximum Gasteiger partial charge on any atom is 0.416 e. The minimum Gasteiger partial charge on any atom is -0.361 e. The molecular formula is C20H22F3N3. The molecule has 3 rings (SSSR count). The Morgan fingerprint density at radius 1 is 1.00 bits per heavy atom. The van der Waals surface area contributed by atoms with E-state index in [4.69, 9.17) is 0 Å². The standard InChI is InChI=1S/C20H22F3N3/c1-14(18-13-26-19-5-3-2-4-17(18)19)25-11-10-24-12-15-6-8-16(9-7-15)20(21,22)23/h2-9,13-14,24-26H,10-12H2,1H3. The van der Waals surface area contributed by atoms with Crippen LogP contribution in [0.1, 0.15) is 29.7 Å². The fourth-order valence-corrected chi connectivity index (χ4v) is 2.98. The molecular weight excluding hydrogens is 339 g/mol. The lowest BCUT2D eigenvalue weighted by atomic mass is 10.1. The van der Waals surface area contributed by atoms with Crippen LogP contribution in [0.15, 0.2) is 54.7 Å². The maximum absolute atomic E-state index is 12.5. The van der Waals surface area contributed by atoms with Gasteiger partial charge in [0, 0.05) is 42.8 Å². The lowest BCUT2D eigenvalue weighted by molar-refractivity contribution is -0.137. The van der Waals surface area contributed by atoms with E-state index >= 15 is 0 Å². The highest BCUT2D eigenvalue weighted by Crippen LogP contribution is 2.29. The molecule has 0 aliphatic carbocycles. The minimum atomic E-state index is -4.28. The van der Waals surface area contributed by atoms with Gasteiger partial charge in [0.15, 0.2) is 0 Å². The van der Waals surface area contributed by atoms with Gasteiger partial charge in [0.25, 0.3) is 0 Å². The lowest BCUT2D eigenvalue weighted by Gasteiger charge is -2.14. The molecule has 6 heteroatoms. The average molecular weight is 361 g/mol. The average Bonchev–Trinajstić information content (AvgIpc) is 3.05. The number of aromatic nitrogens is 1. The zero-order valence-corrected chi connectivity index (χ0v) is 14.5. The van der Waals surface area contributed by atoms with Crippen LogP contribution in [0.3, 0.4) is 0 Å². The van der Waals surface area contributed by atoms with E-state index in [1.165, 1.54) is 23.1 Å². The number of alkyl halides is 3. The smallest absolute Gasteiger partial charge is 0.361 e. The van der Waals surface area contributed by atoms with Crippen LogP contribution in [0.25, 0.3) is 10.9 Å². The molecule has 2 aromatic carbocycles. The van der Waals surface area contributed by atoms with Gasteiger partial charge in [0.1, 0.15) is 0 Å². The third-order valence-corrected chi connectivity index (χ3v) is 4.45. The summed E-state index contributed by atoms with van der Waals surface area (Å²) in [5.74, 6) is 0. The molecule has 1 atom stereocenters. The van der Waals surface area contributed by atoms with E-state index in [-0.39, 0.29) is 6.04 Å². The molecule has 138 valence electrons. The van der Waals surface area contributed by atoms with Crippen LogP contribution in [-0.2, 0) is 12.7 Å². The van der Waals surface area contributed by atoms with Crippen molar-refractivity contribution in [1.29, 1.82) is 0 Å². The van der Waals surface area contributed by atoms with Crippen LogP contribution in [-0.4, -0.2) is 18.1 Å². The SMILES string of the molecule is CC(NCCNCc1ccc(C(F)(F)F)cc1)c1c[nH]c2ccccc12. The Morgan fingerprint density at radius 3 is 2.46 bits per heavy atom. The summed E-state index contributed by atoms with van der Waals surface area (Å²) in [5, 5.41) is 7.92. The monoisotopic (exact) mass is 361 g/mol. The predicted octanol–water partition coefficient (Wildman–Crippen LogP) is 4.63. The Morgan fingerprint density at radius 2 is 1.73 bits per heavy atom. The van der Waals surface area contributed by atoms with Gasteiger partial charge in [-0.25, -0.2) is 0 Å². The third-order valence-electron chi connectivity index (χ3n) is 4.45. The van der Waals surface area contributed by atoms with E-state index in [9.17, 15) is 13.2 Å². The lowest BCUT2D eigenvalue weighted by Crippen LogP contribution is -2.28. The van der Waals surface area contributed by atoms with Crippen molar-refractivity contribution in [1.82, 2.24) is 15.6 Å². The van der Waals surface area contributed by atoms with E-state index in [0.29, 0.717) is 6.54 Å². The van der Waals surface area contributed by atoms with E-state index in [1.807, 2.05) is 18.3 Å². The number of halogens is 3. The summed E-state index contributed by atoms with van der Waals surface area (Å²) in [6.07, 6.45) is -2.26. The number of hydrogen-bond donors (Lipinski definition) is 3. The number of fused-ring (bicyclic) bond motifs is 1. The first-order valence-electron chi connectivity index (χ1n) is 8.61. The summed E-state index contributed by atoms with van der Waals surface area (Å²) < 4.78 is 37.6. The summed E-state index contributed by atoms with van der Waals surface area (Å²) in [6.45, 7) is 4.15. The van der Waals surface area contributed by atoms with Crippen LogP contribution >= 0.6 is 0 Å². The highest BCUT2D eigenvalue weighted by atomic mass is 19.4. The van der Waals surface area contributed by atoms with Crippen molar-refractivity contribution in [3.05, 3.63) is 71.4 Å². The number of H-pyrrole nitrogens is 1. The van der Waals surface area contributed by atoms with Crippen molar-refractivity contribution in [2.75, 3.05) is 13.1 Å². The van der Waals surface area contributed by atoms with Crippen LogP contribution in [0, 0.1) is 0 Å². The van der Waals surface area contributed by atoms with E-state index in [0.717, 1.165) is 36.3 Å². The molecule has 3 N–H and O–H groups in total. The molecule has 26 heavy (non-hydrogen) atoms. The largest absolute Gasteiger partial charge is 0.416 e. The van der Waals surface area contributed by atoms with Gasteiger partial charge < -0.3 is 15.6 Å². The number of rotatable bonds is 7. The van der Waals surface area contributed by atoms with Crippen molar-refractivity contribution >= 4 is 10.9 Å². The molecule has 1 heterocycles. The summed E-state index contributed by atoms with van der Waals surface area (Å²) in [5.41, 5.74) is 2.57. The number of nitrogens with one attached hydrogen (secondary N) is 3. The Bertz CT molecular complexity index is 837. The van der Waals surface area contributed by atoms with Crippen molar-refractivity contribution in [2.45, 2.75) is 25.7 Å². The molecule has 3 nitrogen and oxygen atoms in total. The highest BCUT2D eigenvalue weighted by Gasteiger charge is 2.29. The molecule has 0 fully saturated rings. The quantitative estimate of drug-likeness (QED) is 0.537. The van der Waals surface area contributed by atoms with Crippen molar-refractivity contribution in [3.63, 3.8) is 0 Å². The molecule has 1 aromatic heterocycles. The fourth-order valence-electron chi connectivity index (χ4n) is 2.98. The van der Waals surface area contributed by atoms with Crippen molar-refractivity contribution < 1.29 is 13.2 Å². The molecule has 0 aliphatic heterocycles. The number of aromatic amines is 1. The summed E-state index contributed by atoms with van der Waals surface area (Å²) in [7, 11) is 0. The topological polar surface area (TPSA) is 39.8 Å². The Kier molecular flexibility index (Phi) is 5.64. The minimum absolute atomic E-state index is 0.207. The van der Waals surface area contributed by atoms with E-state index in [1.54, 1.807) is 0 Å². The second-order valence-electron chi connectivity index (χ2n) is 6.34. The Hall–Kier alpha value is -2.31. The molecule has 0 aliphatic rings. The molecule has 0 amide bonds. The van der Waals surface area contributed by atoms with Gasteiger partial charge in [-0.15, -0.1) is 0 Å². The van der Waals surface area contributed by atoms with E-state index in [2.05, 4.69) is 34.7 Å². The maximum atomic E-state index is 12.5. The number of hydrogen-bond acceptors (Lipinski definition) is 2. The molecule has 3 aromatic rings. The number of para-hydroxylation sites is 1. The van der Waals surface area contributed by atoms with Crippen LogP contribution in [0.5, 0.6) is 0 Å². The first-order valence-corrected chi connectivity index (χ1v) is 8.61. The zero-order valence-electron chi connectivity index (χ0n) is 14.5. The summed E-state index contributed by atoms with van der Waals surface area (Å²) >= 11 is 0. The summed E-state index contributed by atoms with van der Waals surface area (Å²) in [4.78, 5) is 3.27. The third kappa shape index (κ3) is 4.45. The van der Waals surface area contributed by atoms with Crippen molar-refractivity contribution in [3.8, 4) is 0 Å². The van der Waals surface area contributed by atoms with Gasteiger partial charge >= 0.3 is 6.18 Å². The summed E-state index contributed by atoms with van der Waals surface area (Å²) in [6, 6.07) is 13.7. The molecule has 0 bridgehead atoms. The van der Waals surface area contributed by atoms with Gasteiger partial charge in [0.05, 0.1) is 5.56 Å². The predicted molar refractivity (Wildman–Crippen MR) is 97.9 cm³/mol. The van der Waals surface area contributed by atoms with Gasteiger partial charge in [-0.2, -0.15) is 13.2 Å². The first-order chi connectivity index (χ1) is 12.4. The Labute approximate surface area is 150 Å². The second-order valence-corrected chi connectivity index (χ2v) is 6.34. The van der Waals surface area contributed by atoms with Gasteiger partial charge in [0.2, 0.25) is 0 Å². The van der Waals surface area contributed by atoms with Crippen LogP contribution < -0.4 is 10.6 Å². The molecule has 0 radical (unpaired) electrons. The highest BCUT2D eigenvalue weighted by molar-refractivity contribution is 5.83. The van der Waals surface area contributed by atoms with Gasteiger partial charge in [-0.05, 0) is 36.2 Å². The second kappa shape index (κ2) is 7.93. The zero-order chi connectivity index (χ0) is 18.6. The molecule has 0 spiro atoms. The van der Waals surface area contributed by atoms with Crippen LogP contribution in [0.4, 0.5) is 13.2 Å². The number of benzene rings is 2. The Balaban J connectivity index is 1.43. The van der Waals surface area contributed by atoms with Crippen LogP contribution in [0.2, 0.25) is 0 Å². The van der Waals surface area contributed by atoms with Gasteiger partial charge in [-0.3, -0.25) is 0 Å². The first kappa shape index (κ1) is 18.5. The molecule has 1 unspecified atom stereocenters. The normalized spacial score (nSPS) is 13.2. The van der Waals surface area contributed by atoms with E-state index < -0.39 is 11.7 Å². The fraction of sp³-hybridized carbons (Fsp3) is 0.300. The molecule has 0 saturated heterocycles. The van der Waals surface area contributed by atoms with Crippen molar-refractivity contribution in [2.24, 2.45) is 0 Å².